The zero-order chi connectivity index (χ0) is 31.9. The summed E-state index contributed by atoms with van der Waals surface area (Å²) in [6.07, 6.45) is 1.21. The van der Waals surface area contributed by atoms with Crippen LogP contribution in [0.2, 0.25) is 0 Å². The Morgan fingerprint density at radius 1 is 0.783 bits per heavy atom. The number of esters is 1. The second-order valence-electron chi connectivity index (χ2n) is 11.3. The Bertz CT molecular complexity index is 1890. The van der Waals surface area contributed by atoms with Gasteiger partial charge >= 0.3 is 5.97 Å². The van der Waals surface area contributed by atoms with E-state index in [9.17, 15) is 13.2 Å². The summed E-state index contributed by atoms with van der Waals surface area (Å²) in [5.74, 6) is -0.440. The van der Waals surface area contributed by atoms with Gasteiger partial charge in [0.2, 0.25) is 0 Å². The summed E-state index contributed by atoms with van der Waals surface area (Å²) in [6.45, 7) is 2.17. The molecule has 7 nitrogen and oxygen atoms in total. The van der Waals surface area contributed by atoms with E-state index in [4.69, 9.17) is 4.74 Å². The predicted octanol–water partition coefficient (Wildman–Crippen LogP) is 7.81. The van der Waals surface area contributed by atoms with Crippen molar-refractivity contribution in [3.05, 3.63) is 156 Å². The van der Waals surface area contributed by atoms with Crippen LogP contribution < -0.4 is 9.73 Å². The molecule has 0 bridgehead atoms. The molecule has 0 saturated carbocycles. The van der Waals surface area contributed by atoms with Gasteiger partial charge in [0.05, 0.1) is 23.6 Å². The van der Waals surface area contributed by atoms with Crippen LogP contribution in [0, 0.1) is 6.92 Å². The first kappa shape index (κ1) is 30.8. The summed E-state index contributed by atoms with van der Waals surface area (Å²) in [5.41, 5.74) is 7.62. The van der Waals surface area contributed by atoms with Crippen molar-refractivity contribution in [1.82, 2.24) is 4.83 Å². The lowest BCUT2D eigenvalue weighted by Crippen LogP contribution is -2.20. The Hall–Kier alpha value is -5.21. The number of benzene rings is 5. The molecule has 1 N–H and O–H groups in total. The van der Waals surface area contributed by atoms with E-state index in [1.807, 2.05) is 67.6 Å². The van der Waals surface area contributed by atoms with Crippen LogP contribution in [-0.2, 0) is 26.0 Å². The van der Waals surface area contributed by atoms with Crippen LogP contribution in [0.15, 0.2) is 143 Å². The maximum absolute atomic E-state index is 12.9. The third kappa shape index (κ3) is 7.19. The summed E-state index contributed by atoms with van der Waals surface area (Å²) in [7, 11) is -3.81. The maximum Gasteiger partial charge on any atom is 0.306 e. The molecule has 0 aromatic heterocycles. The number of nitrogens with one attached hydrogen (secondary N) is 1. The Kier molecular flexibility index (Phi) is 9.26. The van der Waals surface area contributed by atoms with E-state index in [0.717, 1.165) is 39.3 Å². The van der Waals surface area contributed by atoms with Gasteiger partial charge in [-0.2, -0.15) is 18.4 Å². The highest BCUT2D eigenvalue weighted by molar-refractivity contribution is 7.89. The summed E-state index contributed by atoms with van der Waals surface area (Å²) >= 11 is 0. The zero-order valence-corrected chi connectivity index (χ0v) is 26.4. The van der Waals surface area contributed by atoms with E-state index in [-0.39, 0.29) is 29.8 Å². The van der Waals surface area contributed by atoms with Crippen molar-refractivity contribution in [2.24, 2.45) is 5.10 Å². The fraction of sp³-hybridized carbons (Fsp3) is 0.158. The quantitative estimate of drug-likeness (QED) is 0.119. The molecular weight excluding hydrogens is 595 g/mol. The number of hydrogen-bond donors (Lipinski definition) is 1. The summed E-state index contributed by atoms with van der Waals surface area (Å²) in [4.78, 5) is 17.6. The van der Waals surface area contributed by atoms with E-state index in [1.165, 1.54) is 0 Å². The molecule has 5 aromatic carbocycles. The van der Waals surface area contributed by atoms with Gasteiger partial charge in [-0.25, -0.2) is 0 Å². The molecule has 0 heterocycles. The first-order valence-electron chi connectivity index (χ1n) is 15.3. The van der Waals surface area contributed by atoms with Crippen molar-refractivity contribution < 1.29 is 17.9 Å². The molecule has 8 heteroatoms. The Balaban J connectivity index is 1.06. The van der Waals surface area contributed by atoms with E-state index in [1.54, 1.807) is 24.3 Å². The van der Waals surface area contributed by atoms with Gasteiger partial charge in [0, 0.05) is 35.0 Å². The van der Waals surface area contributed by atoms with Crippen LogP contribution in [0.25, 0.3) is 0 Å². The minimum Gasteiger partial charge on any atom is -0.465 e. The average Bonchev–Trinajstić information content (AvgIpc) is 3.43. The Labute approximate surface area is 270 Å². The Morgan fingerprint density at radius 2 is 1.37 bits per heavy atom. The highest BCUT2D eigenvalue weighted by atomic mass is 32.2. The van der Waals surface area contributed by atoms with Crippen molar-refractivity contribution in [3.63, 3.8) is 0 Å². The molecule has 0 fully saturated rings. The molecule has 0 spiro atoms. The molecule has 46 heavy (non-hydrogen) atoms. The number of fused-ring (bicyclic) bond motifs is 1. The summed E-state index contributed by atoms with van der Waals surface area (Å²) in [6, 6.07) is 43.0. The number of aryl methyl sites for hydroxylation is 1. The van der Waals surface area contributed by atoms with Gasteiger partial charge in [-0.15, -0.1) is 0 Å². The minimum atomic E-state index is -3.81. The number of rotatable bonds is 11. The zero-order valence-electron chi connectivity index (χ0n) is 25.5. The molecule has 1 aliphatic carbocycles. The number of carbonyl (C=O) groups is 1. The number of nitrogens with zero attached hydrogens (tertiary/aromatic N) is 2. The number of hydrazone groups is 1. The fourth-order valence-electron chi connectivity index (χ4n) is 5.70. The second kappa shape index (κ2) is 13.8. The number of sulfonamides is 1. The second-order valence-corrected chi connectivity index (χ2v) is 13.0. The molecule has 0 saturated heterocycles. The van der Waals surface area contributed by atoms with Gasteiger partial charge in [-0.1, -0.05) is 90.5 Å². The van der Waals surface area contributed by atoms with Crippen LogP contribution in [0.3, 0.4) is 0 Å². The van der Waals surface area contributed by atoms with Crippen LogP contribution >= 0.6 is 0 Å². The van der Waals surface area contributed by atoms with Crippen LogP contribution in [0.5, 0.6) is 0 Å². The number of hydrogen-bond acceptors (Lipinski definition) is 6. The SMILES string of the molecule is Cc1ccc(S(=O)(=O)N/N=C2/CC(CC(=O)OCCc3ccc(N(c4ccccc4)c4ccccc4)cc3)c3ccccc32)cc1. The molecule has 1 aliphatic rings. The number of ether oxygens (including phenoxy) is 1. The minimum absolute atomic E-state index is 0.146. The summed E-state index contributed by atoms with van der Waals surface area (Å²) in [5, 5.41) is 4.28. The lowest BCUT2D eigenvalue weighted by molar-refractivity contribution is -0.143. The topological polar surface area (TPSA) is 88.1 Å². The predicted molar refractivity (Wildman–Crippen MR) is 182 cm³/mol. The summed E-state index contributed by atoms with van der Waals surface area (Å²) < 4.78 is 31.2. The monoisotopic (exact) mass is 629 g/mol. The van der Waals surface area contributed by atoms with Crippen LogP contribution in [0.4, 0.5) is 17.1 Å². The third-order valence-electron chi connectivity index (χ3n) is 8.07. The Morgan fingerprint density at radius 3 is 2.02 bits per heavy atom. The molecule has 1 atom stereocenters. The average molecular weight is 630 g/mol. The van der Waals surface area contributed by atoms with Crippen LogP contribution in [0.1, 0.15) is 41.0 Å². The van der Waals surface area contributed by atoms with E-state index in [2.05, 4.69) is 63.4 Å². The molecule has 1 unspecified atom stereocenters. The van der Waals surface area contributed by atoms with Gasteiger partial charge < -0.3 is 9.64 Å². The van der Waals surface area contributed by atoms with E-state index >= 15 is 0 Å². The first-order valence-corrected chi connectivity index (χ1v) is 16.7. The lowest BCUT2D eigenvalue weighted by atomic mass is 9.98. The number of carbonyl (C=O) groups excluding carboxylic acids is 1. The van der Waals surface area contributed by atoms with Gasteiger partial charge in [0.1, 0.15) is 0 Å². The van der Waals surface area contributed by atoms with Crippen LogP contribution in [-0.4, -0.2) is 26.7 Å². The number of para-hydroxylation sites is 2. The van der Waals surface area contributed by atoms with Crippen molar-refractivity contribution in [2.75, 3.05) is 11.5 Å². The molecular formula is C38H35N3O4S. The van der Waals surface area contributed by atoms with Crippen molar-refractivity contribution >= 4 is 38.8 Å². The molecule has 0 aliphatic heterocycles. The molecule has 0 amide bonds. The van der Waals surface area contributed by atoms with Crippen molar-refractivity contribution in [2.45, 2.75) is 37.0 Å². The van der Waals surface area contributed by atoms with Gasteiger partial charge in [-0.05, 0) is 73.0 Å². The van der Waals surface area contributed by atoms with Gasteiger partial charge in [-0.3, -0.25) is 4.79 Å². The molecule has 6 rings (SSSR count). The maximum atomic E-state index is 12.9. The van der Waals surface area contributed by atoms with Gasteiger partial charge in [0.25, 0.3) is 10.0 Å². The molecule has 232 valence electrons. The van der Waals surface area contributed by atoms with E-state index < -0.39 is 10.0 Å². The molecule has 0 radical (unpaired) electrons. The lowest BCUT2D eigenvalue weighted by Gasteiger charge is -2.25. The first-order chi connectivity index (χ1) is 22.4. The smallest absolute Gasteiger partial charge is 0.306 e. The highest BCUT2D eigenvalue weighted by Gasteiger charge is 2.30. The van der Waals surface area contributed by atoms with Crippen molar-refractivity contribution in [1.29, 1.82) is 0 Å². The normalized spacial score (nSPS) is 14.9. The largest absolute Gasteiger partial charge is 0.465 e. The highest BCUT2D eigenvalue weighted by Crippen LogP contribution is 2.36. The van der Waals surface area contributed by atoms with E-state index in [0.29, 0.717) is 18.6 Å². The van der Waals surface area contributed by atoms with Crippen molar-refractivity contribution in [3.8, 4) is 0 Å². The number of anilines is 3. The fourth-order valence-corrected chi connectivity index (χ4v) is 6.53. The standard InChI is InChI=1S/C38H35N3O4S/c1-28-16-22-34(23-17-28)46(43,44)40-39-37-26-30(35-14-8-9-15-36(35)37)27-38(42)45-25-24-29-18-20-33(21-19-29)41(31-10-4-2-5-11-31)32-12-6-3-7-13-32/h2-23,30,40H,24-27H2,1H3/b39-37-. The molecule has 5 aromatic rings. The van der Waals surface area contributed by atoms with Gasteiger partial charge in [0.15, 0.2) is 0 Å². The third-order valence-corrected chi connectivity index (χ3v) is 9.30.